The van der Waals surface area contributed by atoms with Gasteiger partial charge in [0.15, 0.2) is 0 Å². The van der Waals surface area contributed by atoms with Gasteiger partial charge in [-0.3, -0.25) is 9.59 Å². The van der Waals surface area contributed by atoms with Crippen LogP contribution in [0.1, 0.15) is 44.3 Å². The molecule has 0 aromatic heterocycles. The van der Waals surface area contributed by atoms with Gasteiger partial charge in [-0.15, -0.1) is 0 Å². The van der Waals surface area contributed by atoms with Gasteiger partial charge in [0.2, 0.25) is 0 Å². The highest BCUT2D eigenvalue weighted by Gasteiger charge is 2.42. The van der Waals surface area contributed by atoms with Crippen molar-refractivity contribution in [3.63, 3.8) is 0 Å². The van der Waals surface area contributed by atoms with Crippen LogP contribution < -0.4 is 5.32 Å². The summed E-state index contributed by atoms with van der Waals surface area (Å²) in [5.74, 6) is -1.12. The van der Waals surface area contributed by atoms with Crippen LogP contribution in [0.25, 0.3) is 0 Å². The number of hydrogen-bond donors (Lipinski definition) is 1. The molecule has 40 heavy (non-hydrogen) atoms. The summed E-state index contributed by atoms with van der Waals surface area (Å²) >= 11 is 6.10. The Morgan fingerprint density at radius 1 is 0.925 bits per heavy atom. The van der Waals surface area contributed by atoms with E-state index in [0.29, 0.717) is 26.1 Å². The second-order valence-corrected chi connectivity index (χ2v) is 10.8. The number of carbonyl (C=O) groups excluding carboxylic acids is 2. The second kappa shape index (κ2) is 11.6. The number of nitrogens with zero attached hydrogens (tertiary/aromatic N) is 2. The Morgan fingerprint density at radius 3 is 2.25 bits per heavy atom. The van der Waals surface area contributed by atoms with Crippen molar-refractivity contribution < 1.29 is 27.2 Å². The Balaban J connectivity index is 1.21. The van der Waals surface area contributed by atoms with Crippen molar-refractivity contribution in [1.29, 1.82) is 0 Å². The molecule has 3 unspecified atom stereocenters. The van der Waals surface area contributed by atoms with Gasteiger partial charge in [-0.1, -0.05) is 54.1 Å². The van der Waals surface area contributed by atoms with Gasteiger partial charge >= 0.3 is 6.18 Å². The molecule has 5 nitrogen and oxygen atoms in total. The van der Waals surface area contributed by atoms with E-state index in [1.807, 2.05) is 30.3 Å². The van der Waals surface area contributed by atoms with Crippen molar-refractivity contribution in [2.45, 2.75) is 18.6 Å². The maximum atomic E-state index is 14.3. The third-order valence-corrected chi connectivity index (χ3v) is 8.03. The normalized spacial score (nSPS) is 19.9. The van der Waals surface area contributed by atoms with Crippen molar-refractivity contribution in [1.82, 2.24) is 15.1 Å². The van der Waals surface area contributed by atoms with Crippen molar-refractivity contribution in [3.05, 3.63) is 106 Å². The Labute approximate surface area is 234 Å². The minimum Gasteiger partial charge on any atom is -0.345 e. The fourth-order valence-corrected chi connectivity index (χ4v) is 5.94. The van der Waals surface area contributed by atoms with Crippen LogP contribution in [0.5, 0.6) is 0 Å². The van der Waals surface area contributed by atoms with Gasteiger partial charge < -0.3 is 15.1 Å². The van der Waals surface area contributed by atoms with E-state index in [1.54, 1.807) is 4.90 Å². The van der Waals surface area contributed by atoms with E-state index in [2.05, 4.69) is 10.2 Å². The molecule has 0 aliphatic carbocycles. The maximum Gasteiger partial charge on any atom is 0.416 e. The molecule has 210 valence electrons. The first kappa shape index (κ1) is 28.1. The highest BCUT2D eigenvalue weighted by molar-refractivity contribution is 6.33. The summed E-state index contributed by atoms with van der Waals surface area (Å²) in [6, 6.07) is 17.5. The highest BCUT2D eigenvalue weighted by atomic mass is 35.5. The van der Waals surface area contributed by atoms with Gasteiger partial charge in [-0.05, 0) is 54.2 Å². The van der Waals surface area contributed by atoms with Gasteiger partial charge in [-0.25, -0.2) is 4.39 Å². The third-order valence-electron chi connectivity index (χ3n) is 7.72. The van der Waals surface area contributed by atoms with Gasteiger partial charge in [0.25, 0.3) is 11.8 Å². The summed E-state index contributed by atoms with van der Waals surface area (Å²) in [4.78, 5) is 29.9. The lowest BCUT2D eigenvalue weighted by molar-refractivity contribution is -0.137. The SMILES string of the molecule is O=C(NC(CCN1CC2CN(C(=O)c3c(F)cccc3Cl)CC2C1)c1ccccc1)c1cccc(C(F)(F)F)c1. The largest absolute Gasteiger partial charge is 0.416 e. The van der Waals surface area contributed by atoms with Crippen LogP contribution in [-0.2, 0) is 6.18 Å². The van der Waals surface area contributed by atoms with Crippen molar-refractivity contribution >= 4 is 23.4 Å². The lowest BCUT2D eigenvalue weighted by Crippen LogP contribution is -2.35. The number of hydrogen-bond acceptors (Lipinski definition) is 3. The predicted octanol–water partition coefficient (Wildman–Crippen LogP) is 6.06. The fraction of sp³-hybridized carbons (Fsp3) is 0.333. The second-order valence-electron chi connectivity index (χ2n) is 10.4. The first-order valence-electron chi connectivity index (χ1n) is 13.1. The number of halogens is 5. The van der Waals surface area contributed by atoms with Gasteiger partial charge in [-0.2, -0.15) is 13.2 Å². The standard InChI is InChI=1S/C30H28ClF4N3O2/c31-24-10-5-11-25(32)27(24)29(40)38-17-21-15-37(16-22(21)18-38)13-12-26(19-6-2-1-3-7-19)36-28(39)20-8-4-9-23(14-20)30(33,34)35/h1-11,14,21-22,26H,12-13,15-18H2,(H,36,39). The number of carbonyl (C=O) groups is 2. The molecule has 0 bridgehead atoms. The van der Waals surface area contributed by atoms with E-state index in [1.165, 1.54) is 30.3 Å². The van der Waals surface area contributed by atoms with Crippen LogP contribution in [0.2, 0.25) is 5.02 Å². The minimum atomic E-state index is -4.54. The first-order valence-corrected chi connectivity index (χ1v) is 13.5. The van der Waals surface area contributed by atoms with E-state index < -0.39 is 35.4 Å². The third kappa shape index (κ3) is 6.15. The van der Waals surface area contributed by atoms with Gasteiger partial charge in [0.1, 0.15) is 5.82 Å². The molecule has 2 heterocycles. The van der Waals surface area contributed by atoms with Crippen molar-refractivity contribution in [2.75, 3.05) is 32.7 Å². The summed E-state index contributed by atoms with van der Waals surface area (Å²) in [6.45, 7) is 3.19. The van der Waals surface area contributed by atoms with Crippen molar-refractivity contribution in [3.8, 4) is 0 Å². The predicted molar refractivity (Wildman–Crippen MR) is 143 cm³/mol. The fourth-order valence-electron chi connectivity index (χ4n) is 5.70. The van der Waals surface area contributed by atoms with Crippen LogP contribution in [0, 0.1) is 17.7 Å². The molecule has 1 N–H and O–H groups in total. The molecule has 3 aromatic carbocycles. The van der Waals surface area contributed by atoms with E-state index >= 15 is 0 Å². The van der Waals surface area contributed by atoms with E-state index in [-0.39, 0.29) is 28.0 Å². The molecule has 2 amide bonds. The lowest BCUT2D eigenvalue weighted by Gasteiger charge is -2.25. The average Bonchev–Trinajstić information content (AvgIpc) is 3.50. The quantitative estimate of drug-likeness (QED) is 0.350. The van der Waals surface area contributed by atoms with Crippen LogP contribution in [-0.4, -0.2) is 54.3 Å². The molecule has 2 fully saturated rings. The summed E-state index contributed by atoms with van der Waals surface area (Å²) in [5, 5.41) is 3.02. The lowest BCUT2D eigenvalue weighted by atomic mass is 10.0. The molecular formula is C30H28ClF4N3O2. The molecule has 0 saturated carbocycles. The molecule has 2 saturated heterocycles. The number of amides is 2. The number of likely N-dealkylation sites (tertiary alicyclic amines) is 2. The molecule has 3 aromatic rings. The topological polar surface area (TPSA) is 52.7 Å². The van der Waals surface area contributed by atoms with Crippen LogP contribution in [0.15, 0.2) is 72.8 Å². The molecule has 0 radical (unpaired) electrons. The number of benzene rings is 3. The van der Waals surface area contributed by atoms with Crippen LogP contribution >= 0.6 is 11.6 Å². The number of fused-ring (bicyclic) bond motifs is 1. The molecule has 10 heteroatoms. The Kier molecular flexibility index (Phi) is 8.14. The summed E-state index contributed by atoms with van der Waals surface area (Å²) in [5.41, 5.74) is -0.153. The summed E-state index contributed by atoms with van der Waals surface area (Å²) in [6.07, 6.45) is -3.98. The monoisotopic (exact) mass is 573 g/mol. The average molecular weight is 574 g/mol. The molecule has 2 aliphatic heterocycles. The Bertz CT molecular complexity index is 1350. The summed E-state index contributed by atoms with van der Waals surface area (Å²) in [7, 11) is 0. The Morgan fingerprint density at radius 2 is 1.60 bits per heavy atom. The smallest absolute Gasteiger partial charge is 0.345 e. The van der Waals surface area contributed by atoms with E-state index in [0.717, 1.165) is 30.8 Å². The van der Waals surface area contributed by atoms with Gasteiger partial charge in [0, 0.05) is 38.3 Å². The van der Waals surface area contributed by atoms with E-state index in [4.69, 9.17) is 11.6 Å². The molecule has 3 atom stereocenters. The molecule has 5 rings (SSSR count). The zero-order valence-electron chi connectivity index (χ0n) is 21.5. The first-order chi connectivity index (χ1) is 19.1. The number of rotatable bonds is 7. The highest BCUT2D eigenvalue weighted by Crippen LogP contribution is 2.34. The summed E-state index contributed by atoms with van der Waals surface area (Å²) < 4.78 is 53.7. The molecule has 2 aliphatic rings. The van der Waals surface area contributed by atoms with Crippen LogP contribution in [0.3, 0.4) is 0 Å². The number of nitrogens with one attached hydrogen (secondary N) is 1. The molecular weight excluding hydrogens is 546 g/mol. The zero-order chi connectivity index (χ0) is 28.4. The van der Waals surface area contributed by atoms with Gasteiger partial charge in [0.05, 0.1) is 22.2 Å². The zero-order valence-corrected chi connectivity index (χ0v) is 22.3. The number of alkyl halides is 3. The van der Waals surface area contributed by atoms with E-state index in [9.17, 15) is 27.2 Å². The Hall–Kier alpha value is -3.43. The van der Waals surface area contributed by atoms with Crippen LogP contribution in [0.4, 0.5) is 17.6 Å². The molecule has 0 spiro atoms. The van der Waals surface area contributed by atoms with Crippen molar-refractivity contribution in [2.24, 2.45) is 11.8 Å². The maximum absolute atomic E-state index is 14.3. The minimum absolute atomic E-state index is 0.0498.